The van der Waals surface area contributed by atoms with Crippen molar-refractivity contribution in [3.8, 4) is 0 Å². The highest BCUT2D eigenvalue weighted by Gasteiger charge is 2.19. The van der Waals surface area contributed by atoms with Gasteiger partial charge in [-0.1, -0.05) is 44.2 Å². The average Bonchev–Trinajstić information content (AvgIpc) is 2.44. The number of carbonyl (C=O) groups excluding carboxylic acids is 1. The van der Waals surface area contributed by atoms with Crippen LogP contribution in [0, 0.1) is 5.41 Å². The van der Waals surface area contributed by atoms with E-state index < -0.39 is 0 Å². The lowest BCUT2D eigenvalue weighted by atomic mass is 9.86. The molecule has 118 valence electrons. The lowest BCUT2D eigenvalue weighted by molar-refractivity contribution is 0.227. The normalized spacial score (nSPS) is 12.8. The Morgan fingerprint density at radius 1 is 1.29 bits per heavy atom. The van der Waals surface area contributed by atoms with Gasteiger partial charge in [0.15, 0.2) is 0 Å². The summed E-state index contributed by atoms with van der Waals surface area (Å²) >= 11 is 0. The molecule has 0 spiro atoms. The Labute approximate surface area is 128 Å². The number of aliphatic hydroxyl groups excluding tert-OH is 1. The molecule has 0 aliphatic carbocycles. The van der Waals surface area contributed by atoms with Gasteiger partial charge in [-0.2, -0.15) is 0 Å². The molecule has 0 aromatic heterocycles. The van der Waals surface area contributed by atoms with Crippen molar-refractivity contribution in [1.29, 1.82) is 0 Å². The Hall–Kier alpha value is -1.55. The number of nitrogens with one attached hydrogen (secondary N) is 2. The molecule has 0 aliphatic heterocycles. The van der Waals surface area contributed by atoms with Crippen molar-refractivity contribution < 1.29 is 9.90 Å². The minimum absolute atomic E-state index is 0.00697. The van der Waals surface area contributed by atoms with Crippen LogP contribution in [0.4, 0.5) is 4.79 Å². The van der Waals surface area contributed by atoms with E-state index in [4.69, 9.17) is 5.11 Å². The second-order valence-electron chi connectivity index (χ2n) is 6.42. The number of aliphatic hydroxyl groups is 1. The largest absolute Gasteiger partial charge is 0.396 e. The summed E-state index contributed by atoms with van der Waals surface area (Å²) in [6.07, 6.45) is 2.42. The van der Waals surface area contributed by atoms with Gasteiger partial charge in [-0.3, -0.25) is 0 Å². The molecule has 1 rings (SSSR count). The fourth-order valence-electron chi connectivity index (χ4n) is 2.27. The van der Waals surface area contributed by atoms with Crippen LogP contribution in [0.2, 0.25) is 0 Å². The standard InChI is InChI=1S/C17H28N2O2/c1-14(8-7-11-20)19-16(21)18-13-17(2,3)12-15-9-5-4-6-10-15/h4-6,9-10,14,20H,7-8,11-13H2,1-3H3,(H2,18,19,21). The van der Waals surface area contributed by atoms with Crippen LogP contribution in [0.25, 0.3) is 0 Å². The highest BCUT2D eigenvalue weighted by molar-refractivity contribution is 5.74. The summed E-state index contributed by atoms with van der Waals surface area (Å²) < 4.78 is 0. The molecule has 0 saturated carbocycles. The van der Waals surface area contributed by atoms with Crippen molar-refractivity contribution in [2.75, 3.05) is 13.2 Å². The number of carbonyl (C=O) groups is 1. The Bertz CT molecular complexity index is 418. The van der Waals surface area contributed by atoms with Gasteiger partial charge in [-0.05, 0) is 37.2 Å². The molecule has 0 saturated heterocycles. The Morgan fingerprint density at radius 3 is 2.57 bits per heavy atom. The summed E-state index contributed by atoms with van der Waals surface area (Å²) in [6.45, 7) is 7.04. The number of rotatable bonds is 8. The average molecular weight is 292 g/mol. The number of urea groups is 1. The van der Waals surface area contributed by atoms with Crippen molar-refractivity contribution in [3.63, 3.8) is 0 Å². The summed E-state index contributed by atoms with van der Waals surface area (Å²) in [6, 6.07) is 10.2. The second-order valence-corrected chi connectivity index (χ2v) is 6.42. The highest BCUT2D eigenvalue weighted by atomic mass is 16.3. The van der Waals surface area contributed by atoms with Gasteiger partial charge in [-0.25, -0.2) is 4.79 Å². The quantitative estimate of drug-likeness (QED) is 0.690. The van der Waals surface area contributed by atoms with Gasteiger partial charge in [-0.15, -0.1) is 0 Å². The SMILES string of the molecule is CC(CCCO)NC(=O)NCC(C)(C)Cc1ccccc1. The van der Waals surface area contributed by atoms with Crippen molar-refractivity contribution in [2.24, 2.45) is 5.41 Å². The fraction of sp³-hybridized carbons (Fsp3) is 0.588. The zero-order chi connectivity index (χ0) is 15.7. The molecular formula is C17H28N2O2. The van der Waals surface area contributed by atoms with E-state index >= 15 is 0 Å². The first-order chi connectivity index (χ1) is 9.93. The number of amides is 2. The first kappa shape index (κ1) is 17.5. The van der Waals surface area contributed by atoms with Crippen LogP contribution in [0.5, 0.6) is 0 Å². The van der Waals surface area contributed by atoms with Gasteiger partial charge in [0.25, 0.3) is 0 Å². The molecule has 0 heterocycles. The van der Waals surface area contributed by atoms with E-state index in [-0.39, 0.29) is 24.1 Å². The third-order valence-corrected chi connectivity index (χ3v) is 3.43. The first-order valence-corrected chi connectivity index (χ1v) is 7.62. The Kier molecular flexibility index (Phi) is 7.23. The summed E-state index contributed by atoms with van der Waals surface area (Å²) in [5.41, 5.74) is 1.29. The summed E-state index contributed by atoms with van der Waals surface area (Å²) in [7, 11) is 0. The number of hydrogen-bond donors (Lipinski definition) is 3. The zero-order valence-corrected chi connectivity index (χ0v) is 13.4. The van der Waals surface area contributed by atoms with Gasteiger partial charge in [0.1, 0.15) is 0 Å². The van der Waals surface area contributed by atoms with Crippen molar-refractivity contribution in [1.82, 2.24) is 10.6 Å². The molecule has 0 bridgehead atoms. The van der Waals surface area contributed by atoms with Gasteiger partial charge in [0.2, 0.25) is 0 Å². The van der Waals surface area contributed by atoms with Gasteiger partial charge in [0, 0.05) is 19.2 Å². The lowest BCUT2D eigenvalue weighted by Gasteiger charge is -2.26. The topological polar surface area (TPSA) is 61.4 Å². The first-order valence-electron chi connectivity index (χ1n) is 7.62. The van der Waals surface area contributed by atoms with E-state index in [2.05, 4.69) is 36.6 Å². The third kappa shape index (κ3) is 7.71. The number of hydrogen-bond acceptors (Lipinski definition) is 2. The summed E-state index contributed by atoms with van der Waals surface area (Å²) in [4.78, 5) is 11.8. The molecule has 0 fully saturated rings. The molecule has 3 N–H and O–H groups in total. The van der Waals surface area contributed by atoms with E-state index in [1.54, 1.807) is 0 Å². The minimum Gasteiger partial charge on any atom is -0.396 e. The van der Waals surface area contributed by atoms with Crippen LogP contribution in [-0.4, -0.2) is 30.3 Å². The molecule has 1 unspecified atom stereocenters. The fourth-order valence-corrected chi connectivity index (χ4v) is 2.27. The van der Waals surface area contributed by atoms with Crippen LogP contribution >= 0.6 is 0 Å². The van der Waals surface area contributed by atoms with Crippen molar-refractivity contribution in [3.05, 3.63) is 35.9 Å². The van der Waals surface area contributed by atoms with E-state index in [9.17, 15) is 4.79 Å². The maximum absolute atomic E-state index is 11.8. The van der Waals surface area contributed by atoms with Gasteiger partial charge < -0.3 is 15.7 Å². The van der Waals surface area contributed by atoms with Crippen LogP contribution in [0.15, 0.2) is 30.3 Å². The molecule has 1 aromatic rings. The van der Waals surface area contributed by atoms with E-state index in [1.165, 1.54) is 5.56 Å². The highest BCUT2D eigenvalue weighted by Crippen LogP contribution is 2.20. The van der Waals surface area contributed by atoms with Gasteiger partial charge in [0.05, 0.1) is 0 Å². The van der Waals surface area contributed by atoms with Crippen molar-refractivity contribution >= 4 is 6.03 Å². The Balaban J connectivity index is 2.33. The molecule has 2 amide bonds. The van der Waals surface area contributed by atoms with Crippen LogP contribution < -0.4 is 10.6 Å². The van der Waals surface area contributed by atoms with Crippen LogP contribution in [0.1, 0.15) is 39.2 Å². The molecule has 4 nitrogen and oxygen atoms in total. The second kappa shape index (κ2) is 8.67. The predicted octanol–water partition coefficient (Wildman–Crippen LogP) is 2.72. The minimum atomic E-state index is -0.137. The number of benzene rings is 1. The van der Waals surface area contributed by atoms with E-state index in [0.29, 0.717) is 13.0 Å². The monoisotopic (exact) mass is 292 g/mol. The smallest absolute Gasteiger partial charge is 0.315 e. The molecule has 1 atom stereocenters. The molecule has 21 heavy (non-hydrogen) atoms. The molecule has 0 aliphatic rings. The van der Waals surface area contributed by atoms with Crippen LogP contribution in [0.3, 0.4) is 0 Å². The molecule has 0 radical (unpaired) electrons. The van der Waals surface area contributed by atoms with E-state index in [1.807, 2.05) is 25.1 Å². The molecule has 4 heteroatoms. The summed E-state index contributed by atoms with van der Waals surface area (Å²) in [5.74, 6) is 0. The predicted molar refractivity (Wildman–Crippen MR) is 86.2 cm³/mol. The maximum Gasteiger partial charge on any atom is 0.315 e. The van der Waals surface area contributed by atoms with Gasteiger partial charge >= 0.3 is 6.03 Å². The third-order valence-electron chi connectivity index (χ3n) is 3.43. The van der Waals surface area contributed by atoms with Crippen molar-refractivity contribution in [2.45, 2.75) is 46.1 Å². The Morgan fingerprint density at radius 2 is 1.95 bits per heavy atom. The molecule has 1 aromatic carbocycles. The van der Waals surface area contributed by atoms with Crippen LogP contribution in [-0.2, 0) is 6.42 Å². The zero-order valence-electron chi connectivity index (χ0n) is 13.4. The molecular weight excluding hydrogens is 264 g/mol. The lowest BCUT2D eigenvalue weighted by Crippen LogP contribution is -2.44. The summed E-state index contributed by atoms with van der Waals surface area (Å²) in [5, 5.41) is 14.6. The maximum atomic E-state index is 11.8. The van der Waals surface area contributed by atoms with E-state index in [0.717, 1.165) is 12.8 Å².